The fourth-order valence-electron chi connectivity index (χ4n) is 2.73. The van der Waals surface area contributed by atoms with E-state index in [0.717, 1.165) is 30.8 Å². The monoisotopic (exact) mass is 212 g/mol. The quantitative estimate of drug-likeness (QED) is 0.758. The van der Waals surface area contributed by atoms with E-state index in [0.29, 0.717) is 0 Å². The lowest BCUT2D eigenvalue weighted by atomic mass is 9.79. The van der Waals surface area contributed by atoms with Crippen LogP contribution in [0.5, 0.6) is 0 Å². The third-order valence-corrected chi connectivity index (χ3v) is 3.97. The van der Waals surface area contributed by atoms with E-state index in [4.69, 9.17) is 5.73 Å². The maximum absolute atomic E-state index is 5.56. The fraction of sp³-hybridized carbons (Fsp3) is 1.00. The summed E-state index contributed by atoms with van der Waals surface area (Å²) >= 11 is 0. The summed E-state index contributed by atoms with van der Waals surface area (Å²) in [6.07, 6.45) is 6.79. The Hall–Kier alpha value is -0.0800. The van der Waals surface area contributed by atoms with Crippen LogP contribution in [0.2, 0.25) is 0 Å². The summed E-state index contributed by atoms with van der Waals surface area (Å²) in [5.74, 6) is 1.81. The molecule has 0 aromatic rings. The Morgan fingerprint density at radius 2 is 2.07 bits per heavy atom. The molecule has 2 nitrogen and oxygen atoms in total. The molecular formula is C13H28N2. The molecule has 90 valence electrons. The van der Waals surface area contributed by atoms with Crippen molar-refractivity contribution in [2.24, 2.45) is 17.6 Å². The molecule has 2 unspecified atom stereocenters. The van der Waals surface area contributed by atoms with Crippen molar-refractivity contribution in [1.82, 2.24) is 4.90 Å². The highest BCUT2D eigenvalue weighted by Gasteiger charge is 2.26. The average Bonchev–Trinajstić information content (AvgIpc) is 2.26. The normalized spacial score (nSPS) is 27.6. The number of hydrogen-bond donors (Lipinski definition) is 1. The summed E-state index contributed by atoms with van der Waals surface area (Å²) in [5, 5.41) is 0. The molecule has 2 N–H and O–H groups in total. The molecule has 0 spiro atoms. The Morgan fingerprint density at radius 1 is 1.33 bits per heavy atom. The maximum Gasteiger partial charge on any atom is 0.00949 e. The molecule has 1 rings (SSSR count). The third-order valence-electron chi connectivity index (χ3n) is 3.97. The van der Waals surface area contributed by atoms with Gasteiger partial charge >= 0.3 is 0 Å². The topological polar surface area (TPSA) is 29.3 Å². The van der Waals surface area contributed by atoms with Crippen molar-refractivity contribution in [3.8, 4) is 0 Å². The molecule has 1 aliphatic rings. The predicted molar refractivity (Wildman–Crippen MR) is 66.9 cm³/mol. The average molecular weight is 212 g/mol. The van der Waals surface area contributed by atoms with Crippen LogP contribution in [0.25, 0.3) is 0 Å². The van der Waals surface area contributed by atoms with Crippen LogP contribution in [-0.4, -0.2) is 31.1 Å². The van der Waals surface area contributed by atoms with Crippen molar-refractivity contribution < 1.29 is 0 Å². The van der Waals surface area contributed by atoms with Gasteiger partial charge in [0.15, 0.2) is 0 Å². The highest BCUT2D eigenvalue weighted by molar-refractivity contribution is 4.80. The van der Waals surface area contributed by atoms with Crippen LogP contribution in [0.4, 0.5) is 0 Å². The SMILES string of the molecule is CC(C)C1CCCC(N(C)CCCN)C1. The van der Waals surface area contributed by atoms with Gasteiger partial charge in [-0.2, -0.15) is 0 Å². The second-order valence-corrected chi connectivity index (χ2v) is 5.45. The van der Waals surface area contributed by atoms with E-state index in [-0.39, 0.29) is 0 Å². The molecule has 2 atom stereocenters. The van der Waals surface area contributed by atoms with Crippen molar-refractivity contribution in [2.45, 2.75) is 52.0 Å². The Bertz CT molecular complexity index is 168. The van der Waals surface area contributed by atoms with E-state index in [1.807, 2.05) is 0 Å². The van der Waals surface area contributed by atoms with Crippen molar-refractivity contribution in [3.05, 3.63) is 0 Å². The minimum absolute atomic E-state index is 0.817. The third kappa shape index (κ3) is 4.12. The smallest absolute Gasteiger partial charge is 0.00949 e. The summed E-state index contributed by atoms with van der Waals surface area (Å²) in [4.78, 5) is 2.53. The van der Waals surface area contributed by atoms with Crippen LogP contribution < -0.4 is 5.73 Å². The minimum atomic E-state index is 0.817. The Morgan fingerprint density at radius 3 is 2.67 bits per heavy atom. The predicted octanol–water partition coefficient (Wildman–Crippen LogP) is 2.48. The first-order chi connectivity index (χ1) is 7.15. The first-order valence-corrected chi connectivity index (χ1v) is 6.55. The Kier molecular flexibility index (Phi) is 5.62. The molecule has 0 aromatic heterocycles. The van der Waals surface area contributed by atoms with Gasteiger partial charge in [-0.3, -0.25) is 0 Å². The number of nitrogens with zero attached hydrogens (tertiary/aromatic N) is 1. The van der Waals surface area contributed by atoms with Gasteiger partial charge in [0, 0.05) is 6.04 Å². The van der Waals surface area contributed by atoms with E-state index in [2.05, 4.69) is 25.8 Å². The highest BCUT2D eigenvalue weighted by atomic mass is 15.1. The lowest BCUT2D eigenvalue weighted by Crippen LogP contribution is -2.38. The molecule has 1 aliphatic carbocycles. The minimum Gasteiger partial charge on any atom is -0.330 e. The molecule has 0 aliphatic heterocycles. The summed E-state index contributed by atoms with van der Waals surface area (Å²) in [6.45, 7) is 6.73. The number of hydrogen-bond acceptors (Lipinski definition) is 2. The summed E-state index contributed by atoms with van der Waals surface area (Å²) in [6, 6.07) is 0.817. The van der Waals surface area contributed by atoms with Crippen LogP contribution >= 0.6 is 0 Å². The van der Waals surface area contributed by atoms with Gasteiger partial charge in [-0.25, -0.2) is 0 Å². The zero-order valence-corrected chi connectivity index (χ0v) is 10.7. The molecule has 0 bridgehead atoms. The molecule has 1 saturated carbocycles. The second kappa shape index (κ2) is 6.49. The summed E-state index contributed by atoms with van der Waals surface area (Å²) in [7, 11) is 2.27. The van der Waals surface area contributed by atoms with Gasteiger partial charge in [-0.1, -0.05) is 26.7 Å². The molecule has 15 heavy (non-hydrogen) atoms. The summed E-state index contributed by atoms with van der Waals surface area (Å²) in [5.41, 5.74) is 5.56. The molecule has 0 radical (unpaired) electrons. The zero-order chi connectivity index (χ0) is 11.3. The lowest BCUT2D eigenvalue weighted by Gasteiger charge is -2.37. The van der Waals surface area contributed by atoms with E-state index in [1.54, 1.807) is 0 Å². The van der Waals surface area contributed by atoms with Crippen LogP contribution in [0.15, 0.2) is 0 Å². The fourth-order valence-corrected chi connectivity index (χ4v) is 2.73. The molecule has 0 heterocycles. The molecular weight excluding hydrogens is 184 g/mol. The summed E-state index contributed by atoms with van der Waals surface area (Å²) < 4.78 is 0. The Labute approximate surface area is 95.2 Å². The second-order valence-electron chi connectivity index (χ2n) is 5.45. The first-order valence-electron chi connectivity index (χ1n) is 6.55. The molecule has 0 saturated heterocycles. The van der Waals surface area contributed by atoms with Crippen LogP contribution in [0.3, 0.4) is 0 Å². The van der Waals surface area contributed by atoms with Crippen molar-refractivity contribution in [2.75, 3.05) is 20.1 Å². The van der Waals surface area contributed by atoms with Crippen LogP contribution in [-0.2, 0) is 0 Å². The van der Waals surface area contributed by atoms with Crippen molar-refractivity contribution >= 4 is 0 Å². The van der Waals surface area contributed by atoms with Gasteiger partial charge < -0.3 is 10.6 Å². The molecule has 1 fully saturated rings. The largest absolute Gasteiger partial charge is 0.330 e. The first kappa shape index (κ1) is 13.0. The van der Waals surface area contributed by atoms with Crippen LogP contribution in [0.1, 0.15) is 46.0 Å². The maximum atomic E-state index is 5.56. The van der Waals surface area contributed by atoms with E-state index < -0.39 is 0 Å². The molecule has 2 heteroatoms. The number of rotatable bonds is 5. The highest BCUT2D eigenvalue weighted by Crippen LogP contribution is 2.31. The molecule has 0 amide bonds. The van der Waals surface area contributed by atoms with E-state index in [1.165, 1.54) is 32.2 Å². The zero-order valence-electron chi connectivity index (χ0n) is 10.7. The van der Waals surface area contributed by atoms with Gasteiger partial charge in [0.1, 0.15) is 0 Å². The van der Waals surface area contributed by atoms with Gasteiger partial charge in [0.05, 0.1) is 0 Å². The van der Waals surface area contributed by atoms with Crippen LogP contribution in [0, 0.1) is 11.8 Å². The van der Waals surface area contributed by atoms with E-state index >= 15 is 0 Å². The van der Waals surface area contributed by atoms with E-state index in [9.17, 15) is 0 Å². The molecule has 0 aromatic carbocycles. The standard InChI is InChI=1S/C13H28N2/c1-11(2)12-6-4-7-13(10-12)15(3)9-5-8-14/h11-13H,4-10,14H2,1-3H3. The van der Waals surface area contributed by atoms with Gasteiger partial charge in [-0.15, -0.1) is 0 Å². The number of nitrogens with two attached hydrogens (primary N) is 1. The van der Waals surface area contributed by atoms with Crippen molar-refractivity contribution in [3.63, 3.8) is 0 Å². The van der Waals surface area contributed by atoms with Gasteiger partial charge in [0.25, 0.3) is 0 Å². The Balaban J connectivity index is 2.34. The van der Waals surface area contributed by atoms with Gasteiger partial charge in [0.2, 0.25) is 0 Å². The lowest BCUT2D eigenvalue weighted by molar-refractivity contribution is 0.136. The van der Waals surface area contributed by atoms with Crippen molar-refractivity contribution in [1.29, 1.82) is 0 Å². The van der Waals surface area contributed by atoms with Gasteiger partial charge in [-0.05, 0) is 51.2 Å².